The van der Waals surface area contributed by atoms with Crippen LogP contribution in [0, 0.1) is 17.8 Å². The van der Waals surface area contributed by atoms with Gasteiger partial charge in [-0.2, -0.15) is 0 Å². The van der Waals surface area contributed by atoms with Crippen LogP contribution in [-0.2, 0) is 0 Å². The second-order valence-corrected chi connectivity index (χ2v) is 7.65. The summed E-state index contributed by atoms with van der Waals surface area (Å²) in [6.45, 7) is 0. The van der Waals surface area contributed by atoms with E-state index in [0.717, 1.165) is 22.6 Å². The van der Waals surface area contributed by atoms with Gasteiger partial charge < -0.3 is 5.32 Å². The lowest BCUT2D eigenvalue weighted by atomic mass is 9.53. The van der Waals surface area contributed by atoms with Gasteiger partial charge in [-0.1, -0.05) is 12.1 Å². The Kier molecular flexibility index (Phi) is 2.88. The highest BCUT2D eigenvalue weighted by atomic mass is 32.1. The average molecular weight is 287 g/mol. The highest BCUT2D eigenvalue weighted by Gasteiger charge is 2.51. The molecule has 0 aliphatic heterocycles. The van der Waals surface area contributed by atoms with E-state index in [4.69, 9.17) is 0 Å². The fraction of sp³-hybridized carbons (Fsp3) is 0.588. The molecule has 0 heterocycles. The summed E-state index contributed by atoms with van der Waals surface area (Å²) in [5.41, 5.74) is 0.800. The molecule has 4 aliphatic rings. The lowest BCUT2D eigenvalue weighted by Crippen LogP contribution is -2.59. The Hall–Kier alpha value is -0.960. The number of hydrogen-bond acceptors (Lipinski definition) is 2. The first-order valence-corrected chi connectivity index (χ1v) is 8.19. The summed E-state index contributed by atoms with van der Waals surface area (Å²) < 4.78 is 0. The van der Waals surface area contributed by atoms with Crippen molar-refractivity contribution >= 4 is 18.5 Å². The van der Waals surface area contributed by atoms with E-state index in [1.54, 1.807) is 0 Å². The summed E-state index contributed by atoms with van der Waals surface area (Å²) in [6, 6.07) is 7.59. The molecule has 106 valence electrons. The third kappa shape index (κ3) is 2.07. The van der Waals surface area contributed by atoms with Gasteiger partial charge in [0, 0.05) is 10.4 Å². The lowest BCUT2D eigenvalue weighted by Gasteiger charge is -2.56. The third-order valence-corrected chi connectivity index (χ3v) is 5.96. The second kappa shape index (κ2) is 4.52. The van der Waals surface area contributed by atoms with Gasteiger partial charge in [0.25, 0.3) is 5.91 Å². The molecule has 4 aliphatic carbocycles. The normalized spacial score (nSPS) is 38.0. The molecule has 1 N–H and O–H groups in total. The summed E-state index contributed by atoms with van der Waals surface area (Å²) >= 11 is 4.41. The van der Waals surface area contributed by atoms with E-state index in [1.165, 1.54) is 38.5 Å². The molecule has 4 fully saturated rings. The summed E-state index contributed by atoms with van der Waals surface area (Å²) in [6.07, 6.45) is 7.78. The van der Waals surface area contributed by atoms with Gasteiger partial charge >= 0.3 is 0 Å². The van der Waals surface area contributed by atoms with Crippen LogP contribution in [0.5, 0.6) is 0 Å². The van der Waals surface area contributed by atoms with Gasteiger partial charge in [-0.25, -0.2) is 0 Å². The van der Waals surface area contributed by atoms with Gasteiger partial charge in [-0.3, -0.25) is 4.79 Å². The van der Waals surface area contributed by atoms with E-state index in [0.29, 0.717) is 5.56 Å². The van der Waals surface area contributed by atoms with E-state index >= 15 is 0 Å². The standard InChI is InChI=1S/C17H21NOS/c19-16(14-3-1-2-4-15(14)20)18-17-8-11-5-12(9-17)7-13(6-11)10-17/h1-4,11-13,20H,5-10H2,(H,18,19). The number of thiol groups is 1. The molecule has 0 spiro atoms. The van der Waals surface area contributed by atoms with Crippen molar-refractivity contribution in [3.05, 3.63) is 29.8 Å². The van der Waals surface area contributed by atoms with Crippen LogP contribution >= 0.6 is 12.6 Å². The number of benzene rings is 1. The SMILES string of the molecule is O=C(NC12CC3CC(CC(C3)C1)C2)c1ccccc1S. The molecule has 1 amide bonds. The van der Waals surface area contributed by atoms with Crippen molar-refractivity contribution in [2.24, 2.45) is 17.8 Å². The summed E-state index contributed by atoms with van der Waals surface area (Å²) in [7, 11) is 0. The number of rotatable bonds is 2. The van der Waals surface area contributed by atoms with Gasteiger partial charge in [-0.15, -0.1) is 12.6 Å². The molecule has 20 heavy (non-hydrogen) atoms. The second-order valence-electron chi connectivity index (χ2n) is 7.17. The predicted molar refractivity (Wildman–Crippen MR) is 82.1 cm³/mol. The molecule has 4 saturated carbocycles. The Morgan fingerprint density at radius 1 is 1.05 bits per heavy atom. The number of nitrogens with one attached hydrogen (secondary N) is 1. The van der Waals surface area contributed by atoms with Crippen LogP contribution in [0.4, 0.5) is 0 Å². The first kappa shape index (κ1) is 12.8. The largest absolute Gasteiger partial charge is 0.347 e. The molecule has 3 heteroatoms. The van der Waals surface area contributed by atoms with Crippen molar-refractivity contribution in [1.82, 2.24) is 5.32 Å². The van der Waals surface area contributed by atoms with Crippen molar-refractivity contribution in [3.63, 3.8) is 0 Å². The highest BCUT2D eigenvalue weighted by molar-refractivity contribution is 7.80. The molecule has 1 aromatic rings. The van der Waals surface area contributed by atoms with Crippen molar-refractivity contribution < 1.29 is 4.79 Å². The first-order chi connectivity index (χ1) is 9.63. The van der Waals surface area contributed by atoms with E-state index in [2.05, 4.69) is 17.9 Å². The summed E-state index contributed by atoms with van der Waals surface area (Å²) in [4.78, 5) is 13.4. The minimum atomic E-state index is 0.0672. The molecule has 2 nitrogen and oxygen atoms in total. The fourth-order valence-corrected chi connectivity index (χ4v) is 5.50. The molecule has 0 atom stereocenters. The zero-order valence-corrected chi connectivity index (χ0v) is 12.5. The maximum Gasteiger partial charge on any atom is 0.252 e. The number of amides is 1. The molecule has 0 aromatic heterocycles. The molecule has 0 radical (unpaired) electrons. The Balaban J connectivity index is 1.57. The molecule has 1 aromatic carbocycles. The molecule has 4 bridgehead atoms. The molecule has 0 unspecified atom stereocenters. The van der Waals surface area contributed by atoms with Crippen LogP contribution in [-0.4, -0.2) is 11.4 Å². The predicted octanol–water partition coefficient (Wildman–Crippen LogP) is 3.67. The topological polar surface area (TPSA) is 29.1 Å². The summed E-state index contributed by atoms with van der Waals surface area (Å²) in [5.74, 6) is 2.63. The van der Waals surface area contributed by atoms with E-state index in [-0.39, 0.29) is 11.4 Å². The molecular weight excluding hydrogens is 266 g/mol. The monoisotopic (exact) mass is 287 g/mol. The van der Waals surface area contributed by atoms with Gasteiger partial charge in [0.05, 0.1) is 5.56 Å². The van der Waals surface area contributed by atoms with Crippen LogP contribution in [0.3, 0.4) is 0 Å². The Morgan fingerprint density at radius 3 is 2.15 bits per heavy atom. The van der Waals surface area contributed by atoms with Crippen LogP contribution in [0.15, 0.2) is 29.2 Å². The maximum atomic E-state index is 12.6. The van der Waals surface area contributed by atoms with Crippen molar-refractivity contribution in [2.75, 3.05) is 0 Å². The highest BCUT2D eigenvalue weighted by Crippen LogP contribution is 2.55. The smallest absolute Gasteiger partial charge is 0.252 e. The summed E-state index contributed by atoms with van der Waals surface area (Å²) in [5, 5.41) is 3.39. The van der Waals surface area contributed by atoms with Crippen molar-refractivity contribution in [1.29, 1.82) is 0 Å². The Bertz CT molecular complexity index is 518. The minimum Gasteiger partial charge on any atom is -0.347 e. The minimum absolute atomic E-state index is 0.0672. The van der Waals surface area contributed by atoms with Gasteiger partial charge in [0.15, 0.2) is 0 Å². The zero-order valence-electron chi connectivity index (χ0n) is 11.6. The molecule has 0 saturated heterocycles. The van der Waals surface area contributed by atoms with Crippen molar-refractivity contribution in [3.8, 4) is 0 Å². The van der Waals surface area contributed by atoms with E-state index < -0.39 is 0 Å². The third-order valence-electron chi connectivity index (χ3n) is 5.57. The molecule has 5 rings (SSSR count). The van der Waals surface area contributed by atoms with Crippen molar-refractivity contribution in [2.45, 2.75) is 49.0 Å². The Morgan fingerprint density at radius 2 is 1.60 bits per heavy atom. The zero-order chi connectivity index (χ0) is 13.7. The van der Waals surface area contributed by atoms with E-state index in [9.17, 15) is 4.79 Å². The van der Waals surface area contributed by atoms with E-state index in [1.807, 2.05) is 24.3 Å². The van der Waals surface area contributed by atoms with Gasteiger partial charge in [0.1, 0.15) is 0 Å². The maximum absolute atomic E-state index is 12.6. The Labute approximate surface area is 125 Å². The quantitative estimate of drug-likeness (QED) is 0.798. The van der Waals surface area contributed by atoms with Gasteiger partial charge in [0.2, 0.25) is 0 Å². The lowest BCUT2D eigenvalue weighted by molar-refractivity contribution is -0.0167. The van der Waals surface area contributed by atoms with Crippen LogP contribution in [0.1, 0.15) is 48.9 Å². The van der Waals surface area contributed by atoms with Crippen LogP contribution in [0.2, 0.25) is 0 Å². The number of carbonyl (C=O) groups is 1. The first-order valence-electron chi connectivity index (χ1n) is 7.74. The average Bonchev–Trinajstić information content (AvgIpc) is 2.36. The van der Waals surface area contributed by atoms with Crippen LogP contribution in [0.25, 0.3) is 0 Å². The molecular formula is C17H21NOS. The van der Waals surface area contributed by atoms with Gasteiger partial charge in [-0.05, 0) is 68.4 Å². The number of carbonyl (C=O) groups excluding carboxylic acids is 1. The van der Waals surface area contributed by atoms with Crippen LogP contribution < -0.4 is 5.32 Å². The fourth-order valence-electron chi connectivity index (χ4n) is 5.24. The number of hydrogen-bond donors (Lipinski definition) is 2.